The zero-order valence-corrected chi connectivity index (χ0v) is 20.7. The Hall–Kier alpha value is -4.05. The minimum absolute atomic E-state index is 0.0593. The number of nitro groups is 1. The maximum absolute atomic E-state index is 13.5. The van der Waals surface area contributed by atoms with Crippen LogP contribution in [0.1, 0.15) is 29.2 Å². The summed E-state index contributed by atoms with van der Waals surface area (Å²) in [6.07, 6.45) is 0. The van der Waals surface area contributed by atoms with Gasteiger partial charge in [-0.25, -0.2) is 13.8 Å². The molecule has 0 saturated heterocycles. The van der Waals surface area contributed by atoms with Crippen molar-refractivity contribution in [2.24, 2.45) is 5.10 Å². The van der Waals surface area contributed by atoms with Gasteiger partial charge in [-0.15, -0.1) is 0 Å². The lowest BCUT2D eigenvalue weighted by atomic mass is 10.1. The number of sulfonamides is 1. The quantitative estimate of drug-likeness (QED) is 0.285. The van der Waals surface area contributed by atoms with E-state index in [1.807, 2.05) is 26.8 Å². The van der Waals surface area contributed by atoms with E-state index >= 15 is 0 Å². The molecular weight excluding hydrogens is 468 g/mol. The van der Waals surface area contributed by atoms with E-state index < -0.39 is 27.4 Å². The van der Waals surface area contributed by atoms with Gasteiger partial charge in [0.15, 0.2) is 0 Å². The third-order valence-electron chi connectivity index (χ3n) is 5.23. The summed E-state index contributed by atoms with van der Waals surface area (Å²) < 4.78 is 28.1. The average Bonchev–Trinajstić information content (AvgIpc) is 2.80. The maximum atomic E-state index is 13.5. The molecule has 1 N–H and O–H groups in total. The first kappa shape index (κ1) is 25.6. The summed E-state index contributed by atoms with van der Waals surface area (Å²) in [6.45, 7) is 6.70. The fourth-order valence-corrected chi connectivity index (χ4v) is 4.85. The van der Waals surface area contributed by atoms with Crippen molar-refractivity contribution >= 4 is 33.0 Å². The number of non-ortho nitro benzene ring substituents is 1. The molecule has 0 bridgehead atoms. The highest BCUT2D eigenvalue weighted by molar-refractivity contribution is 7.92. The predicted octanol–water partition coefficient (Wildman–Crippen LogP) is 4.26. The topological polar surface area (TPSA) is 122 Å². The molecule has 0 spiro atoms. The Morgan fingerprint density at radius 2 is 1.51 bits per heavy atom. The molecule has 3 aromatic carbocycles. The molecule has 0 unspecified atom stereocenters. The molecule has 182 valence electrons. The van der Waals surface area contributed by atoms with E-state index in [0.29, 0.717) is 17.0 Å². The van der Waals surface area contributed by atoms with Crippen molar-refractivity contribution in [2.75, 3.05) is 10.8 Å². The molecular formula is C25H26N4O5S. The molecule has 3 aromatic rings. The van der Waals surface area contributed by atoms with Gasteiger partial charge < -0.3 is 0 Å². The van der Waals surface area contributed by atoms with Crippen LogP contribution in [-0.2, 0) is 14.8 Å². The predicted molar refractivity (Wildman–Crippen MR) is 135 cm³/mol. The smallest absolute Gasteiger partial charge is 0.269 e. The van der Waals surface area contributed by atoms with Crippen LogP contribution in [0.5, 0.6) is 0 Å². The molecule has 0 aliphatic heterocycles. The summed E-state index contributed by atoms with van der Waals surface area (Å²) in [5, 5.41) is 14.9. The number of amides is 1. The van der Waals surface area contributed by atoms with E-state index in [9.17, 15) is 23.3 Å². The minimum Gasteiger partial charge on any atom is -0.271 e. The fraction of sp³-hybridized carbons (Fsp3) is 0.200. The second kappa shape index (κ2) is 10.5. The number of nitro benzene ring substituents is 1. The first-order valence-corrected chi connectivity index (χ1v) is 12.2. The number of anilines is 1. The number of hydrogen-bond acceptors (Lipinski definition) is 6. The van der Waals surface area contributed by atoms with Crippen molar-refractivity contribution in [3.8, 4) is 0 Å². The Labute approximate surface area is 204 Å². The van der Waals surface area contributed by atoms with Crippen LogP contribution < -0.4 is 9.73 Å². The third kappa shape index (κ3) is 6.30. The minimum atomic E-state index is -4.04. The highest BCUT2D eigenvalue weighted by Crippen LogP contribution is 2.26. The van der Waals surface area contributed by atoms with Crippen LogP contribution in [0, 0.1) is 30.9 Å². The summed E-state index contributed by atoms with van der Waals surface area (Å²) in [4.78, 5) is 23.2. The van der Waals surface area contributed by atoms with Gasteiger partial charge in [-0.2, -0.15) is 5.10 Å². The normalized spacial score (nSPS) is 11.7. The van der Waals surface area contributed by atoms with E-state index in [1.54, 1.807) is 31.2 Å². The average molecular weight is 495 g/mol. The largest absolute Gasteiger partial charge is 0.271 e. The SMILES string of the molecule is C/C(=N/NC(=O)CN(c1cc(C)cc(C)c1)S(=O)(=O)c1ccc(C)cc1)c1ccc([N+](=O)[O-])cc1. The van der Waals surface area contributed by atoms with Crippen molar-refractivity contribution in [3.63, 3.8) is 0 Å². The summed E-state index contributed by atoms with van der Waals surface area (Å²) in [6, 6.07) is 17.5. The van der Waals surface area contributed by atoms with Crippen LogP contribution in [0.25, 0.3) is 0 Å². The lowest BCUT2D eigenvalue weighted by Crippen LogP contribution is -2.39. The fourth-order valence-electron chi connectivity index (χ4n) is 3.45. The lowest BCUT2D eigenvalue weighted by Gasteiger charge is -2.24. The Balaban J connectivity index is 1.88. The number of nitrogens with zero attached hydrogens (tertiary/aromatic N) is 3. The molecule has 3 rings (SSSR count). The van der Waals surface area contributed by atoms with Crippen LogP contribution in [0.3, 0.4) is 0 Å². The molecule has 10 heteroatoms. The summed E-state index contributed by atoms with van der Waals surface area (Å²) >= 11 is 0. The number of carbonyl (C=O) groups excluding carboxylic acids is 1. The van der Waals surface area contributed by atoms with Crippen LogP contribution in [0.2, 0.25) is 0 Å². The number of carbonyl (C=O) groups is 1. The van der Waals surface area contributed by atoms with E-state index in [1.165, 1.54) is 36.4 Å². The monoisotopic (exact) mass is 494 g/mol. The van der Waals surface area contributed by atoms with Gasteiger partial charge in [0, 0.05) is 12.1 Å². The van der Waals surface area contributed by atoms with Gasteiger partial charge in [-0.1, -0.05) is 23.8 Å². The highest BCUT2D eigenvalue weighted by atomic mass is 32.2. The Morgan fingerprint density at radius 3 is 2.06 bits per heavy atom. The van der Waals surface area contributed by atoms with Gasteiger partial charge in [0.1, 0.15) is 6.54 Å². The zero-order valence-electron chi connectivity index (χ0n) is 19.8. The molecule has 35 heavy (non-hydrogen) atoms. The van der Waals surface area contributed by atoms with E-state index in [-0.39, 0.29) is 10.6 Å². The van der Waals surface area contributed by atoms with E-state index in [4.69, 9.17) is 0 Å². The van der Waals surface area contributed by atoms with Crippen LogP contribution in [0.4, 0.5) is 11.4 Å². The van der Waals surface area contributed by atoms with Gasteiger partial charge in [0.2, 0.25) is 0 Å². The van der Waals surface area contributed by atoms with E-state index in [2.05, 4.69) is 10.5 Å². The van der Waals surface area contributed by atoms with Gasteiger partial charge in [-0.3, -0.25) is 19.2 Å². The van der Waals surface area contributed by atoms with E-state index in [0.717, 1.165) is 21.0 Å². The first-order valence-electron chi connectivity index (χ1n) is 10.7. The second-order valence-corrected chi connectivity index (χ2v) is 10.1. The maximum Gasteiger partial charge on any atom is 0.269 e. The second-order valence-electron chi connectivity index (χ2n) is 8.21. The number of rotatable bonds is 8. The number of hydrazone groups is 1. The van der Waals surface area contributed by atoms with Gasteiger partial charge in [0.25, 0.3) is 21.6 Å². The summed E-state index contributed by atoms with van der Waals surface area (Å²) in [5.74, 6) is -0.638. The Bertz CT molecular complexity index is 1360. The van der Waals surface area contributed by atoms with Crippen molar-refractivity contribution < 1.29 is 18.1 Å². The summed E-state index contributed by atoms with van der Waals surface area (Å²) in [7, 11) is -4.04. The standard InChI is InChI=1S/C25H26N4O5S/c1-17-5-11-24(12-6-17)35(33,34)28(23-14-18(2)13-19(3)15-23)16-25(30)27-26-20(4)21-7-9-22(10-8-21)29(31)32/h5-15H,16H2,1-4H3,(H,27,30)/b26-20-. The number of aryl methyl sites for hydroxylation is 3. The summed E-state index contributed by atoms with van der Waals surface area (Å²) in [5.41, 5.74) is 6.32. The molecule has 0 saturated carbocycles. The number of nitrogens with one attached hydrogen (secondary N) is 1. The molecule has 0 radical (unpaired) electrons. The molecule has 9 nitrogen and oxygen atoms in total. The van der Waals surface area contributed by atoms with Crippen molar-refractivity contribution in [1.82, 2.24) is 5.43 Å². The Kier molecular flexibility index (Phi) is 7.65. The van der Waals surface area contributed by atoms with Gasteiger partial charge in [-0.05, 0) is 80.8 Å². The van der Waals surface area contributed by atoms with Crippen LogP contribution >= 0.6 is 0 Å². The van der Waals surface area contributed by atoms with Crippen LogP contribution in [-0.4, -0.2) is 31.5 Å². The molecule has 1 amide bonds. The molecule has 0 aromatic heterocycles. The van der Waals surface area contributed by atoms with Crippen molar-refractivity contribution in [3.05, 3.63) is 99.1 Å². The zero-order chi connectivity index (χ0) is 25.8. The van der Waals surface area contributed by atoms with Crippen LogP contribution in [0.15, 0.2) is 76.7 Å². The molecule has 0 heterocycles. The van der Waals surface area contributed by atoms with Gasteiger partial charge >= 0.3 is 0 Å². The molecule has 0 aliphatic carbocycles. The number of hydrogen-bond donors (Lipinski definition) is 1. The Morgan fingerprint density at radius 1 is 0.943 bits per heavy atom. The lowest BCUT2D eigenvalue weighted by molar-refractivity contribution is -0.384. The molecule has 0 atom stereocenters. The molecule has 0 aliphatic rings. The molecule has 0 fully saturated rings. The first-order chi connectivity index (χ1) is 16.5. The van der Waals surface area contributed by atoms with Gasteiger partial charge in [0.05, 0.1) is 21.2 Å². The van der Waals surface area contributed by atoms with Crippen molar-refractivity contribution in [1.29, 1.82) is 0 Å². The highest BCUT2D eigenvalue weighted by Gasteiger charge is 2.27. The number of benzene rings is 3. The third-order valence-corrected chi connectivity index (χ3v) is 7.02. The van der Waals surface area contributed by atoms with Crippen molar-refractivity contribution in [2.45, 2.75) is 32.6 Å².